The van der Waals surface area contributed by atoms with Gasteiger partial charge in [0, 0.05) is 24.3 Å². The second kappa shape index (κ2) is 6.31. The minimum Gasteiger partial charge on any atom is -0.478 e. The lowest BCUT2D eigenvalue weighted by molar-refractivity contribution is 0.0695. The van der Waals surface area contributed by atoms with Crippen LogP contribution in [0, 0.1) is 5.82 Å². The molecule has 0 aromatic heterocycles. The van der Waals surface area contributed by atoms with E-state index in [1.54, 1.807) is 12.1 Å². The van der Waals surface area contributed by atoms with Crippen molar-refractivity contribution in [2.24, 2.45) is 5.73 Å². The molecule has 116 valence electrons. The molecule has 0 saturated heterocycles. The van der Waals surface area contributed by atoms with Crippen molar-refractivity contribution in [1.82, 2.24) is 0 Å². The van der Waals surface area contributed by atoms with E-state index in [1.165, 1.54) is 0 Å². The highest BCUT2D eigenvalue weighted by Gasteiger charge is 2.19. The Morgan fingerprint density at radius 1 is 1.27 bits per heavy atom. The van der Waals surface area contributed by atoms with E-state index >= 15 is 0 Å². The van der Waals surface area contributed by atoms with Crippen LogP contribution in [0.5, 0.6) is 0 Å². The fourth-order valence-corrected chi connectivity index (χ4v) is 2.15. The van der Waals surface area contributed by atoms with E-state index in [2.05, 4.69) is 5.32 Å². The molecule has 8 N–H and O–H groups in total. The van der Waals surface area contributed by atoms with Gasteiger partial charge in [0.2, 0.25) is 0 Å². The van der Waals surface area contributed by atoms with Crippen LogP contribution >= 0.6 is 0 Å². The van der Waals surface area contributed by atoms with Crippen molar-refractivity contribution in [3.8, 4) is 0 Å². The Balaban J connectivity index is 2.37. The predicted molar refractivity (Wildman–Crippen MR) is 83.8 cm³/mol. The van der Waals surface area contributed by atoms with Gasteiger partial charge in [-0.2, -0.15) is 0 Å². The number of carbonyl (C=O) groups is 1. The molecular formula is C15H17FN4O2. The number of halogens is 1. The van der Waals surface area contributed by atoms with Crippen LogP contribution in [0.3, 0.4) is 0 Å². The summed E-state index contributed by atoms with van der Waals surface area (Å²) >= 11 is 0. The van der Waals surface area contributed by atoms with E-state index < -0.39 is 11.8 Å². The molecule has 6 nitrogen and oxygen atoms in total. The van der Waals surface area contributed by atoms with Gasteiger partial charge in [0.25, 0.3) is 0 Å². The molecule has 2 aromatic rings. The Hall–Kier alpha value is -2.80. The van der Waals surface area contributed by atoms with Crippen LogP contribution in [0.4, 0.5) is 21.5 Å². The summed E-state index contributed by atoms with van der Waals surface area (Å²) in [5, 5.41) is 12.2. The van der Waals surface area contributed by atoms with Gasteiger partial charge in [0.05, 0.1) is 16.9 Å². The molecule has 2 rings (SSSR count). The van der Waals surface area contributed by atoms with E-state index in [0.717, 1.165) is 11.6 Å². The van der Waals surface area contributed by atoms with Crippen molar-refractivity contribution in [3.05, 3.63) is 52.8 Å². The average Bonchev–Trinajstić information content (AvgIpc) is 2.51. The van der Waals surface area contributed by atoms with Gasteiger partial charge >= 0.3 is 5.97 Å². The number of carboxylic acid groups (broad SMARTS) is 1. The highest BCUT2D eigenvalue weighted by atomic mass is 19.1. The molecule has 0 heterocycles. The third-order valence-electron chi connectivity index (χ3n) is 3.36. The van der Waals surface area contributed by atoms with E-state index in [0.29, 0.717) is 12.2 Å². The third kappa shape index (κ3) is 2.94. The van der Waals surface area contributed by atoms with Crippen LogP contribution in [0.15, 0.2) is 30.3 Å². The van der Waals surface area contributed by atoms with Crippen LogP contribution in [0.1, 0.15) is 21.5 Å². The summed E-state index contributed by atoms with van der Waals surface area (Å²) < 4.78 is 14.2. The van der Waals surface area contributed by atoms with Gasteiger partial charge in [-0.15, -0.1) is 0 Å². The minimum atomic E-state index is -1.27. The molecule has 0 amide bonds. The Kier molecular flexibility index (Phi) is 4.47. The average molecular weight is 304 g/mol. The van der Waals surface area contributed by atoms with Crippen LogP contribution < -0.4 is 22.5 Å². The zero-order valence-corrected chi connectivity index (χ0v) is 11.8. The third-order valence-corrected chi connectivity index (χ3v) is 3.36. The van der Waals surface area contributed by atoms with Gasteiger partial charge in [0.1, 0.15) is 0 Å². The lowest BCUT2D eigenvalue weighted by Gasteiger charge is -2.15. The van der Waals surface area contributed by atoms with Crippen molar-refractivity contribution in [1.29, 1.82) is 0 Å². The summed E-state index contributed by atoms with van der Waals surface area (Å²) in [5.41, 5.74) is 17.6. The molecule has 0 aliphatic rings. The maximum atomic E-state index is 14.2. The molecule has 2 aromatic carbocycles. The van der Waals surface area contributed by atoms with Crippen molar-refractivity contribution >= 4 is 23.0 Å². The fraction of sp³-hybridized carbons (Fsp3) is 0.133. The number of aromatic carboxylic acids is 1. The first-order valence-electron chi connectivity index (χ1n) is 6.57. The number of carboxylic acids is 1. The molecule has 0 aliphatic heterocycles. The molecular weight excluding hydrogens is 287 g/mol. The molecule has 0 aliphatic carbocycles. The molecule has 0 radical (unpaired) electrons. The standard InChI is InChI=1S/C15H17FN4O2/c16-13-10(9(15(21)22)5-11(18)14(13)19)7-20-12-4-2-1-3-8(12)6-17/h1-5,20H,6-7,17-19H2,(H,21,22). The van der Waals surface area contributed by atoms with Gasteiger partial charge in [-0.3, -0.25) is 0 Å². The number of hydrogen-bond acceptors (Lipinski definition) is 5. The highest BCUT2D eigenvalue weighted by Crippen LogP contribution is 2.27. The zero-order chi connectivity index (χ0) is 16.3. The van der Waals surface area contributed by atoms with Crippen molar-refractivity contribution in [3.63, 3.8) is 0 Å². The molecule has 0 unspecified atom stereocenters. The van der Waals surface area contributed by atoms with E-state index in [1.807, 2.05) is 12.1 Å². The Morgan fingerprint density at radius 3 is 2.59 bits per heavy atom. The SMILES string of the molecule is NCc1ccccc1NCc1c(C(=O)O)cc(N)c(N)c1F. The first kappa shape index (κ1) is 15.6. The Labute approximate surface area is 126 Å². The second-order valence-electron chi connectivity index (χ2n) is 4.74. The van der Waals surface area contributed by atoms with E-state index in [4.69, 9.17) is 17.2 Å². The van der Waals surface area contributed by atoms with Gasteiger partial charge in [-0.1, -0.05) is 18.2 Å². The quantitative estimate of drug-likeness (QED) is 0.536. The normalized spacial score (nSPS) is 10.5. The first-order chi connectivity index (χ1) is 10.5. The van der Waals surface area contributed by atoms with Crippen LogP contribution in [-0.4, -0.2) is 11.1 Å². The molecule has 22 heavy (non-hydrogen) atoms. The summed E-state index contributed by atoms with van der Waals surface area (Å²) in [5.74, 6) is -2.09. The molecule has 0 spiro atoms. The van der Waals surface area contributed by atoms with Gasteiger partial charge in [-0.25, -0.2) is 9.18 Å². The maximum Gasteiger partial charge on any atom is 0.336 e. The number of nitrogens with one attached hydrogen (secondary N) is 1. The second-order valence-corrected chi connectivity index (χ2v) is 4.74. The smallest absolute Gasteiger partial charge is 0.336 e. The molecule has 0 bridgehead atoms. The van der Waals surface area contributed by atoms with Crippen molar-refractivity contribution in [2.75, 3.05) is 16.8 Å². The van der Waals surface area contributed by atoms with Crippen molar-refractivity contribution in [2.45, 2.75) is 13.1 Å². The Morgan fingerprint density at radius 2 is 1.95 bits per heavy atom. The number of nitrogens with two attached hydrogens (primary N) is 3. The first-order valence-corrected chi connectivity index (χ1v) is 6.57. The molecule has 7 heteroatoms. The summed E-state index contributed by atoms with van der Waals surface area (Å²) in [4.78, 5) is 11.3. The molecule has 0 fully saturated rings. The van der Waals surface area contributed by atoms with Gasteiger partial charge < -0.3 is 27.6 Å². The number of anilines is 3. The Bertz CT molecular complexity index is 719. The van der Waals surface area contributed by atoms with Crippen LogP contribution in [0.2, 0.25) is 0 Å². The van der Waals surface area contributed by atoms with Crippen LogP contribution in [0.25, 0.3) is 0 Å². The maximum absolute atomic E-state index is 14.2. The topological polar surface area (TPSA) is 127 Å². The molecule has 0 atom stereocenters. The largest absolute Gasteiger partial charge is 0.478 e. The van der Waals surface area contributed by atoms with Crippen LogP contribution in [-0.2, 0) is 13.1 Å². The fourth-order valence-electron chi connectivity index (χ4n) is 2.15. The number of nitrogen functional groups attached to an aromatic ring is 2. The lowest BCUT2D eigenvalue weighted by Crippen LogP contribution is -2.14. The number of para-hydroxylation sites is 1. The summed E-state index contributed by atoms with van der Waals surface area (Å²) in [7, 11) is 0. The summed E-state index contributed by atoms with van der Waals surface area (Å²) in [6, 6.07) is 8.40. The number of benzene rings is 2. The van der Waals surface area contributed by atoms with E-state index in [-0.39, 0.29) is 29.0 Å². The minimum absolute atomic E-state index is 0.0467. The zero-order valence-electron chi connectivity index (χ0n) is 11.8. The predicted octanol–water partition coefficient (Wildman–Crippen LogP) is 1.76. The molecule has 0 saturated carbocycles. The summed E-state index contributed by atoms with van der Waals surface area (Å²) in [6.45, 7) is 0.260. The van der Waals surface area contributed by atoms with Gasteiger partial charge in [0.15, 0.2) is 5.82 Å². The summed E-state index contributed by atoms with van der Waals surface area (Å²) in [6.07, 6.45) is 0. The lowest BCUT2D eigenvalue weighted by atomic mass is 10.0. The number of rotatable bonds is 5. The van der Waals surface area contributed by atoms with E-state index in [9.17, 15) is 14.3 Å². The van der Waals surface area contributed by atoms with Gasteiger partial charge in [-0.05, 0) is 17.7 Å². The monoisotopic (exact) mass is 304 g/mol. The van der Waals surface area contributed by atoms with Crippen molar-refractivity contribution < 1.29 is 14.3 Å². The highest BCUT2D eigenvalue weighted by molar-refractivity contribution is 5.92. The number of hydrogen-bond donors (Lipinski definition) is 5.